The Labute approximate surface area is 154 Å². The summed E-state index contributed by atoms with van der Waals surface area (Å²) in [6, 6.07) is 19.0. The van der Waals surface area contributed by atoms with E-state index in [1.165, 1.54) is 7.11 Å². The lowest BCUT2D eigenvalue weighted by molar-refractivity contribution is 0.0601. The third-order valence-electron chi connectivity index (χ3n) is 3.94. The molecule has 0 N–H and O–H groups in total. The molecule has 0 saturated heterocycles. The second-order valence-corrected chi connectivity index (χ2v) is 6.99. The first kappa shape index (κ1) is 16.1. The van der Waals surface area contributed by atoms with Gasteiger partial charge in [-0.05, 0) is 30.3 Å². The van der Waals surface area contributed by atoms with Gasteiger partial charge in [-0.15, -0.1) is 0 Å². The molecule has 0 saturated carbocycles. The van der Waals surface area contributed by atoms with Gasteiger partial charge in [-0.2, -0.15) is 0 Å². The number of hydrogen-bond donors (Lipinski definition) is 0. The van der Waals surface area contributed by atoms with Crippen LogP contribution in [0.5, 0.6) is 11.5 Å². The molecule has 1 heterocycles. The second kappa shape index (κ2) is 6.47. The van der Waals surface area contributed by atoms with Crippen LogP contribution in [0.1, 0.15) is 10.4 Å². The molecule has 0 bridgehead atoms. The summed E-state index contributed by atoms with van der Waals surface area (Å²) in [5.41, 5.74) is 1.97. The lowest BCUT2D eigenvalue weighted by atomic mass is 9.98. The van der Waals surface area contributed by atoms with E-state index in [0.717, 1.165) is 32.4 Å². The lowest BCUT2D eigenvalue weighted by Gasteiger charge is -2.22. The van der Waals surface area contributed by atoms with Gasteiger partial charge < -0.3 is 9.47 Å². The molecule has 1 aliphatic heterocycles. The fourth-order valence-electron chi connectivity index (χ4n) is 2.79. The highest BCUT2D eigenvalue weighted by molar-refractivity contribution is 7.99. The van der Waals surface area contributed by atoms with Crippen LogP contribution in [0.2, 0.25) is 5.02 Å². The van der Waals surface area contributed by atoms with Crippen molar-refractivity contribution in [2.75, 3.05) is 7.11 Å². The summed E-state index contributed by atoms with van der Waals surface area (Å²) in [7, 11) is 1.36. The van der Waals surface area contributed by atoms with Crippen LogP contribution in [-0.2, 0) is 4.74 Å². The SMILES string of the molecule is COC(=O)c1cc(Cl)ccc1-c1cccc2c1Oc1ccccc1S2. The molecule has 0 unspecified atom stereocenters. The van der Waals surface area contributed by atoms with Crippen molar-refractivity contribution in [3.8, 4) is 22.6 Å². The molecule has 3 aromatic rings. The van der Waals surface area contributed by atoms with E-state index in [0.29, 0.717) is 10.6 Å². The summed E-state index contributed by atoms with van der Waals surface area (Å²) in [4.78, 5) is 14.3. The van der Waals surface area contributed by atoms with E-state index in [-0.39, 0.29) is 0 Å². The standard InChI is InChI=1S/C20H13ClO3S/c1-23-20(22)15-11-12(21)9-10-13(15)14-5-4-8-18-19(14)24-16-6-2-3-7-17(16)25-18/h2-11H,1H3. The zero-order chi connectivity index (χ0) is 17.4. The number of carbonyl (C=O) groups excluding carboxylic acids is 1. The highest BCUT2D eigenvalue weighted by Crippen LogP contribution is 2.50. The Morgan fingerprint density at radius 3 is 2.64 bits per heavy atom. The summed E-state index contributed by atoms with van der Waals surface area (Å²) in [5, 5.41) is 0.481. The van der Waals surface area contributed by atoms with Crippen molar-refractivity contribution in [1.82, 2.24) is 0 Å². The molecule has 25 heavy (non-hydrogen) atoms. The first-order valence-corrected chi connectivity index (χ1v) is 8.83. The van der Waals surface area contributed by atoms with E-state index in [9.17, 15) is 4.79 Å². The monoisotopic (exact) mass is 368 g/mol. The van der Waals surface area contributed by atoms with Crippen LogP contribution in [-0.4, -0.2) is 13.1 Å². The van der Waals surface area contributed by atoms with Gasteiger partial charge in [0.1, 0.15) is 11.5 Å². The number of ether oxygens (including phenoxy) is 2. The lowest BCUT2D eigenvalue weighted by Crippen LogP contribution is -2.05. The van der Waals surface area contributed by atoms with Crippen LogP contribution < -0.4 is 4.74 Å². The van der Waals surface area contributed by atoms with E-state index in [4.69, 9.17) is 21.1 Å². The number of para-hydroxylation sites is 2. The molecule has 0 amide bonds. The van der Waals surface area contributed by atoms with Gasteiger partial charge in [0.05, 0.1) is 22.5 Å². The molecule has 0 atom stereocenters. The Bertz CT molecular complexity index is 984. The predicted molar refractivity (Wildman–Crippen MR) is 98.9 cm³/mol. The summed E-state index contributed by atoms with van der Waals surface area (Å²) in [5.74, 6) is 1.11. The number of methoxy groups -OCH3 is 1. The summed E-state index contributed by atoms with van der Waals surface area (Å²) >= 11 is 7.72. The molecule has 3 nitrogen and oxygen atoms in total. The molecule has 0 spiro atoms. The van der Waals surface area contributed by atoms with Gasteiger partial charge in [-0.25, -0.2) is 4.79 Å². The predicted octanol–water partition coefficient (Wildman–Crippen LogP) is 6.05. The number of carbonyl (C=O) groups is 1. The van der Waals surface area contributed by atoms with Crippen LogP contribution >= 0.6 is 23.4 Å². The average molecular weight is 369 g/mol. The largest absolute Gasteiger partial charge is 0.465 e. The van der Waals surface area contributed by atoms with Gasteiger partial charge >= 0.3 is 5.97 Å². The van der Waals surface area contributed by atoms with Gasteiger partial charge in [0, 0.05) is 16.1 Å². The quantitative estimate of drug-likeness (QED) is 0.403. The van der Waals surface area contributed by atoms with Crippen molar-refractivity contribution in [2.24, 2.45) is 0 Å². The Morgan fingerprint density at radius 1 is 1.00 bits per heavy atom. The normalized spacial score (nSPS) is 11.9. The summed E-state index contributed by atoms with van der Waals surface area (Å²) < 4.78 is 11.1. The first-order valence-electron chi connectivity index (χ1n) is 7.63. The van der Waals surface area contributed by atoms with Crippen molar-refractivity contribution in [2.45, 2.75) is 9.79 Å². The molecule has 0 radical (unpaired) electrons. The number of rotatable bonds is 2. The fraction of sp³-hybridized carbons (Fsp3) is 0.0500. The molecule has 0 aliphatic carbocycles. The van der Waals surface area contributed by atoms with Crippen LogP contribution in [0.15, 0.2) is 70.5 Å². The summed E-state index contributed by atoms with van der Waals surface area (Å²) in [6.45, 7) is 0. The zero-order valence-corrected chi connectivity index (χ0v) is 14.9. The number of halogens is 1. The second-order valence-electron chi connectivity index (χ2n) is 5.47. The average Bonchev–Trinajstić information content (AvgIpc) is 2.65. The maximum atomic E-state index is 12.2. The van der Waals surface area contributed by atoms with Gasteiger partial charge in [-0.1, -0.05) is 53.7 Å². The molecular weight excluding hydrogens is 356 g/mol. The number of fused-ring (bicyclic) bond motifs is 2. The van der Waals surface area contributed by atoms with Gasteiger partial charge in [0.15, 0.2) is 0 Å². The Kier molecular flexibility index (Phi) is 4.15. The fourth-order valence-corrected chi connectivity index (χ4v) is 3.95. The third-order valence-corrected chi connectivity index (χ3v) is 5.27. The molecular formula is C20H13ClO3S. The van der Waals surface area contributed by atoms with E-state index in [1.54, 1.807) is 23.9 Å². The third kappa shape index (κ3) is 2.88. The van der Waals surface area contributed by atoms with Gasteiger partial charge in [-0.3, -0.25) is 0 Å². The minimum atomic E-state index is -0.432. The van der Waals surface area contributed by atoms with Crippen LogP contribution in [0.3, 0.4) is 0 Å². The minimum absolute atomic E-state index is 0.413. The summed E-state index contributed by atoms with van der Waals surface area (Å²) in [6.07, 6.45) is 0. The molecule has 0 aromatic heterocycles. The maximum absolute atomic E-state index is 12.2. The molecule has 3 aromatic carbocycles. The smallest absolute Gasteiger partial charge is 0.338 e. The zero-order valence-electron chi connectivity index (χ0n) is 13.3. The van der Waals surface area contributed by atoms with Crippen LogP contribution in [0.25, 0.3) is 11.1 Å². The first-order chi connectivity index (χ1) is 12.2. The molecule has 1 aliphatic rings. The Hall–Kier alpha value is -2.43. The van der Waals surface area contributed by atoms with E-state index in [2.05, 4.69) is 0 Å². The van der Waals surface area contributed by atoms with E-state index < -0.39 is 5.97 Å². The molecule has 4 rings (SSSR count). The minimum Gasteiger partial charge on any atom is -0.465 e. The Morgan fingerprint density at radius 2 is 1.80 bits per heavy atom. The van der Waals surface area contributed by atoms with E-state index in [1.807, 2.05) is 48.5 Å². The molecule has 5 heteroatoms. The number of hydrogen-bond acceptors (Lipinski definition) is 4. The van der Waals surface area contributed by atoms with Crippen molar-refractivity contribution < 1.29 is 14.3 Å². The highest BCUT2D eigenvalue weighted by atomic mass is 35.5. The van der Waals surface area contributed by atoms with Crippen LogP contribution in [0.4, 0.5) is 0 Å². The van der Waals surface area contributed by atoms with Crippen LogP contribution in [0, 0.1) is 0 Å². The van der Waals surface area contributed by atoms with Gasteiger partial charge in [0.2, 0.25) is 0 Å². The van der Waals surface area contributed by atoms with Crippen molar-refractivity contribution in [3.63, 3.8) is 0 Å². The van der Waals surface area contributed by atoms with Crippen molar-refractivity contribution >= 4 is 29.3 Å². The van der Waals surface area contributed by atoms with Crippen molar-refractivity contribution in [3.05, 3.63) is 71.2 Å². The Balaban J connectivity index is 1.89. The molecule has 124 valence electrons. The number of benzene rings is 3. The topological polar surface area (TPSA) is 35.5 Å². The number of esters is 1. The van der Waals surface area contributed by atoms with Crippen molar-refractivity contribution in [1.29, 1.82) is 0 Å². The van der Waals surface area contributed by atoms with E-state index >= 15 is 0 Å². The highest BCUT2D eigenvalue weighted by Gasteiger charge is 2.23. The maximum Gasteiger partial charge on any atom is 0.338 e. The van der Waals surface area contributed by atoms with Gasteiger partial charge in [0.25, 0.3) is 0 Å². The molecule has 0 fully saturated rings.